The van der Waals surface area contributed by atoms with E-state index in [1.165, 1.54) is 0 Å². The molecule has 1 amide bonds. The Morgan fingerprint density at radius 3 is 2.60 bits per heavy atom. The third kappa shape index (κ3) is 4.64. The molecule has 0 aliphatic heterocycles. The van der Waals surface area contributed by atoms with E-state index in [0.29, 0.717) is 12.2 Å². The second-order valence-corrected chi connectivity index (χ2v) is 6.38. The van der Waals surface area contributed by atoms with Crippen LogP contribution >= 0.6 is 15.9 Å². The lowest BCUT2D eigenvalue weighted by Crippen LogP contribution is -2.14. The van der Waals surface area contributed by atoms with Crippen molar-refractivity contribution in [3.8, 4) is 0 Å². The second kappa shape index (κ2) is 7.90. The number of nitrogens with one attached hydrogen (secondary N) is 2. The van der Waals surface area contributed by atoms with Crippen LogP contribution in [0.25, 0.3) is 0 Å². The van der Waals surface area contributed by atoms with Crippen molar-refractivity contribution in [1.82, 2.24) is 9.97 Å². The van der Waals surface area contributed by atoms with E-state index in [2.05, 4.69) is 36.5 Å². The minimum Gasteiger partial charge on any atom is -0.378 e. The predicted octanol–water partition coefficient (Wildman–Crippen LogP) is 4.41. The van der Waals surface area contributed by atoms with Gasteiger partial charge in [0.25, 0.3) is 5.91 Å². The van der Waals surface area contributed by atoms with Crippen molar-refractivity contribution in [2.24, 2.45) is 0 Å². The lowest BCUT2D eigenvalue weighted by molar-refractivity contribution is 0.102. The average Bonchev–Trinajstić information content (AvgIpc) is 2.64. The molecule has 25 heavy (non-hydrogen) atoms. The summed E-state index contributed by atoms with van der Waals surface area (Å²) in [5.74, 6) is -0.238. The van der Waals surface area contributed by atoms with Gasteiger partial charge < -0.3 is 10.6 Å². The highest BCUT2D eigenvalue weighted by Gasteiger charge is 2.08. The fourth-order valence-electron chi connectivity index (χ4n) is 2.25. The van der Waals surface area contributed by atoms with Crippen LogP contribution in [0.2, 0.25) is 0 Å². The molecule has 0 saturated heterocycles. The minimum absolute atomic E-state index is 0.238. The largest absolute Gasteiger partial charge is 0.378 e. The van der Waals surface area contributed by atoms with Crippen LogP contribution in [-0.4, -0.2) is 15.9 Å². The van der Waals surface area contributed by atoms with Crippen LogP contribution in [0, 0.1) is 6.92 Å². The molecule has 0 fully saturated rings. The van der Waals surface area contributed by atoms with E-state index in [1.54, 1.807) is 18.5 Å². The molecule has 0 aliphatic rings. The number of pyridine rings is 2. The van der Waals surface area contributed by atoms with Gasteiger partial charge in [-0.1, -0.05) is 22.0 Å². The van der Waals surface area contributed by atoms with Crippen LogP contribution in [0.5, 0.6) is 0 Å². The standard InChI is InChI=1S/C19H17BrN4O/c1-13-10-14(5-7-17(13)20)24-19(25)18-8-6-16(12-23-18)22-11-15-4-2-3-9-21-15/h2-10,12,22H,11H2,1H3,(H,24,25). The topological polar surface area (TPSA) is 66.9 Å². The molecule has 6 heteroatoms. The predicted molar refractivity (Wildman–Crippen MR) is 103 cm³/mol. The zero-order chi connectivity index (χ0) is 17.6. The summed E-state index contributed by atoms with van der Waals surface area (Å²) < 4.78 is 1.01. The number of hydrogen-bond donors (Lipinski definition) is 2. The number of rotatable bonds is 5. The van der Waals surface area contributed by atoms with Gasteiger partial charge in [0.05, 0.1) is 24.1 Å². The van der Waals surface area contributed by atoms with Gasteiger partial charge in [0.15, 0.2) is 0 Å². The van der Waals surface area contributed by atoms with Gasteiger partial charge >= 0.3 is 0 Å². The molecule has 1 aromatic carbocycles. The molecule has 5 nitrogen and oxygen atoms in total. The molecule has 0 radical (unpaired) electrons. The van der Waals surface area contributed by atoms with Crippen LogP contribution in [0.3, 0.4) is 0 Å². The first-order valence-corrected chi connectivity index (χ1v) is 8.58. The van der Waals surface area contributed by atoms with E-state index < -0.39 is 0 Å². The van der Waals surface area contributed by atoms with Gasteiger partial charge in [0.1, 0.15) is 5.69 Å². The first-order chi connectivity index (χ1) is 12.1. The molecule has 3 aromatic rings. The molecule has 2 N–H and O–H groups in total. The number of aryl methyl sites for hydroxylation is 1. The lowest BCUT2D eigenvalue weighted by Gasteiger charge is -2.08. The van der Waals surface area contributed by atoms with Crippen LogP contribution in [0.1, 0.15) is 21.7 Å². The first kappa shape index (κ1) is 17.1. The van der Waals surface area contributed by atoms with Crippen molar-refractivity contribution in [3.63, 3.8) is 0 Å². The summed E-state index contributed by atoms with van der Waals surface area (Å²) in [6.45, 7) is 2.58. The highest BCUT2D eigenvalue weighted by Crippen LogP contribution is 2.20. The molecule has 0 bridgehead atoms. The third-order valence-corrected chi connectivity index (χ3v) is 4.50. The van der Waals surface area contributed by atoms with Crippen molar-refractivity contribution in [2.75, 3.05) is 10.6 Å². The molecule has 126 valence electrons. The number of anilines is 2. The van der Waals surface area contributed by atoms with Crippen LogP contribution in [0.4, 0.5) is 11.4 Å². The van der Waals surface area contributed by atoms with E-state index in [4.69, 9.17) is 0 Å². The number of amides is 1. The molecule has 0 spiro atoms. The smallest absolute Gasteiger partial charge is 0.274 e. The maximum Gasteiger partial charge on any atom is 0.274 e. The first-order valence-electron chi connectivity index (χ1n) is 7.79. The zero-order valence-corrected chi connectivity index (χ0v) is 15.2. The summed E-state index contributed by atoms with van der Waals surface area (Å²) in [7, 11) is 0. The average molecular weight is 397 g/mol. The Bertz CT molecular complexity index is 866. The molecule has 0 atom stereocenters. The Morgan fingerprint density at radius 1 is 1.08 bits per heavy atom. The molecule has 0 unspecified atom stereocenters. The fourth-order valence-corrected chi connectivity index (χ4v) is 2.49. The monoisotopic (exact) mass is 396 g/mol. The fraction of sp³-hybridized carbons (Fsp3) is 0.105. The highest BCUT2D eigenvalue weighted by atomic mass is 79.9. The quantitative estimate of drug-likeness (QED) is 0.669. The van der Waals surface area contributed by atoms with E-state index in [1.807, 2.05) is 49.4 Å². The molecular formula is C19H17BrN4O. The maximum atomic E-state index is 12.3. The van der Waals surface area contributed by atoms with Gasteiger partial charge in [0.2, 0.25) is 0 Å². The number of carbonyl (C=O) groups is 1. The van der Waals surface area contributed by atoms with Crippen LogP contribution < -0.4 is 10.6 Å². The van der Waals surface area contributed by atoms with E-state index in [0.717, 1.165) is 27.1 Å². The van der Waals surface area contributed by atoms with Crippen molar-refractivity contribution in [3.05, 3.63) is 82.3 Å². The number of benzene rings is 1. The van der Waals surface area contributed by atoms with Gasteiger partial charge in [-0.05, 0) is 55.0 Å². The number of nitrogens with zero attached hydrogens (tertiary/aromatic N) is 2. The van der Waals surface area contributed by atoms with Gasteiger partial charge in [-0.25, -0.2) is 4.98 Å². The summed E-state index contributed by atoms with van der Waals surface area (Å²) in [5.41, 5.74) is 3.94. The van der Waals surface area contributed by atoms with E-state index in [9.17, 15) is 4.79 Å². The molecule has 3 rings (SSSR count). The number of hydrogen-bond acceptors (Lipinski definition) is 4. The number of halogens is 1. The molecule has 0 saturated carbocycles. The van der Waals surface area contributed by atoms with Crippen molar-refractivity contribution >= 4 is 33.2 Å². The van der Waals surface area contributed by atoms with Gasteiger partial charge in [-0.3, -0.25) is 9.78 Å². The van der Waals surface area contributed by atoms with Crippen LogP contribution in [-0.2, 0) is 6.54 Å². The Labute approximate surface area is 154 Å². The van der Waals surface area contributed by atoms with Gasteiger partial charge in [-0.2, -0.15) is 0 Å². The molecule has 0 aliphatic carbocycles. The summed E-state index contributed by atoms with van der Waals surface area (Å²) in [6.07, 6.45) is 3.40. The van der Waals surface area contributed by atoms with Crippen molar-refractivity contribution in [2.45, 2.75) is 13.5 Å². The summed E-state index contributed by atoms with van der Waals surface area (Å²) >= 11 is 3.44. The molecular weight excluding hydrogens is 380 g/mol. The van der Waals surface area contributed by atoms with Gasteiger partial charge in [0, 0.05) is 16.4 Å². The highest BCUT2D eigenvalue weighted by molar-refractivity contribution is 9.10. The Hall–Kier alpha value is -2.73. The lowest BCUT2D eigenvalue weighted by atomic mass is 10.2. The Morgan fingerprint density at radius 2 is 1.92 bits per heavy atom. The minimum atomic E-state index is -0.238. The summed E-state index contributed by atoms with van der Waals surface area (Å²) in [6, 6.07) is 15.0. The van der Waals surface area contributed by atoms with Crippen molar-refractivity contribution < 1.29 is 4.79 Å². The number of carbonyl (C=O) groups excluding carboxylic acids is 1. The second-order valence-electron chi connectivity index (χ2n) is 5.52. The van der Waals surface area contributed by atoms with E-state index >= 15 is 0 Å². The van der Waals surface area contributed by atoms with Crippen LogP contribution in [0.15, 0.2) is 65.4 Å². The Kier molecular flexibility index (Phi) is 5.40. The zero-order valence-electron chi connectivity index (χ0n) is 13.7. The third-order valence-electron chi connectivity index (χ3n) is 3.61. The van der Waals surface area contributed by atoms with Gasteiger partial charge in [-0.15, -0.1) is 0 Å². The summed E-state index contributed by atoms with van der Waals surface area (Å²) in [5, 5.41) is 6.08. The number of aromatic nitrogens is 2. The summed E-state index contributed by atoms with van der Waals surface area (Å²) in [4.78, 5) is 20.8. The normalized spacial score (nSPS) is 10.3. The molecule has 2 aromatic heterocycles. The van der Waals surface area contributed by atoms with E-state index in [-0.39, 0.29) is 5.91 Å². The molecule has 2 heterocycles. The Balaban J connectivity index is 1.61. The maximum absolute atomic E-state index is 12.3. The van der Waals surface area contributed by atoms with Crippen molar-refractivity contribution in [1.29, 1.82) is 0 Å². The SMILES string of the molecule is Cc1cc(NC(=O)c2ccc(NCc3ccccn3)cn2)ccc1Br.